The van der Waals surface area contributed by atoms with Gasteiger partial charge < -0.3 is 14.2 Å². The highest BCUT2D eigenvalue weighted by atomic mass is 16.3. The summed E-state index contributed by atoms with van der Waals surface area (Å²) in [4.78, 5) is 4.59. The number of benzene rings is 8. The largest absolute Gasteiger partial charge is 0.455 e. The molecule has 0 fully saturated rings. The van der Waals surface area contributed by atoms with Crippen LogP contribution in [0.3, 0.4) is 0 Å². The van der Waals surface area contributed by atoms with E-state index < -0.39 is 0 Å². The van der Waals surface area contributed by atoms with Gasteiger partial charge in [-0.2, -0.15) is 0 Å². The van der Waals surface area contributed by atoms with Crippen molar-refractivity contribution in [1.29, 1.82) is 0 Å². The van der Waals surface area contributed by atoms with Gasteiger partial charge in [0.05, 0.1) is 0 Å². The number of anilines is 6. The zero-order valence-corrected chi connectivity index (χ0v) is 26.8. The highest BCUT2D eigenvalue weighted by Crippen LogP contribution is 2.42. The normalized spacial score (nSPS) is 11.3. The van der Waals surface area contributed by atoms with Crippen molar-refractivity contribution in [2.24, 2.45) is 0 Å². The standard InChI is InChI=1S/C46H32N2O/c1-4-14-35(15-5-1)47(36-16-6-2-7-17-36)39-28-30-40(31-29-39)48(37-18-8-3-9-19-37)38-26-23-34(24-27-38)41-21-12-22-44-45(41)43-32-25-33-13-10-11-20-42(33)46(43)49-44/h1-32H. The fourth-order valence-corrected chi connectivity index (χ4v) is 6.96. The second-order valence-electron chi connectivity index (χ2n) is 12.2. The molecule has 0 spiro atoms. The first-order chi connectivity index (χ1) is 24.3. The summed E-state index contributed by atoms with van der Waals surface area (Å²) in [6.45, 7) is 0. The van der Waals surface area contributed by atoms with E-state index in [2.05, 4.69) is 204 Å². The minimum Gasteiger partial charge on any atom is -0.455 e. The zero-order valence-electron chi connectivity index (χ0n) is 26.8. The fourth-order valence-electron chi connectivity index (χ4n) is 6.96. The van der Waals surface area contributed by atoms with Crippen LogP contribution in [0.4, 0.5) is 34.1 Å². The Labute approximate surface area is 285 Å². The van der Waals surface area contributed by atoms with E-state index in [1.165, 1.54) is 5.39 Å². The topological polar surface area (TPSA) is 19.6 Å². The first kappa shape index (κ1) is 28.6. The van der Waals surface area contributed by atoms with Gasteiger partial charge in [-0.15, -0.1) is 0 Å². The molecule has 3 heteroatoms. The van der Waals surface area contributed by atoms with Gasteiger partial charge in [0.2, 0.25) is 0 Å². The van der Waals surface area contributed by atoms with E-state index in [1.807, 2.05) is 0 Å². The van der Waals surface area contributed by atoms with Crippen molar-refractivity contribution in [2.75, 3.05) is 9.80 Å². The van der Waals surface area contributed by atoms with Crippen molar-refractivity contribution in [1.82, 2.24) is 0 Å². The van der Waals surface area contributed by atoms with E-state index in [9.17, 15) is 0 Å². The molecule has 0 amide bonds. The molecule has 0 aliphatic rings. The Balaban J connectivity index is 1.11. The number of hydrogen-bond acceptors (Lipinski definition) is 3. The van der Waals surface area contributed by atoms with Gasteiger partial charge in [-0.05, 0) is 101 Å². The fraction of sp³-hybridized carbons (Fsp3) is 0. The first-order valence-corrected chi connectivity index (χ1v) is 16.6. The third-order valence-electron chi connectivity index (χ3n) is 9.23. The Morgan fingerprint density at radius 1 is 0.327 bits per heavy atom. The lowest BCUT2D eigenvalue weighted by Gasteiger charge is -2.28. The van der Waals surface area contributed by atoms with Crippen LogP contribution in [0.1, 0.15) is 0 Å². The third kappa shape index (κ3) is 5.18. The number of para-hydroxylation sites is 3. The predicted molar refractivity (Wildman–Crippen MR) is 206 cm³/mol. The van der Waals surface area contributed by atoms with Crippen LogP contribution in [-0.4, -0.2) is 0 Å². The molecule has 0 N–H and O–H groups in total. The van der Waals surface area contributed by atoms with Crippen LogP contribution in [0.2, 0.25) is 0 Å². The summed E-state index contributed by atoms with van der Waals surface area (Å²) in [5.74, 6) is 0. The van der Waals surface area contributed by atoms with Crippen molar-refractivity contribution >= 4 is 66.8 Å². The summed E-state index contributed by atoms with van der Waals surface area (Å²) in [6.07, 6.45) is 0. The summed E-state index contributed by atoms with van der Waals surface area (Å²) < 4.78 is 6.48. The molecule has 0 atom stereocenters. The molecule has 232 valence electrons. The monoisotopic (exact) mass is 628 g/mol. The summed E-state index contributed by atoms with van der Waals surface area (Å²) in [5, 5.41) is 4.60. The van der Waals surface area contributed by atoms with E-state index in [0.29, 0.717) is 0 Å². The van der Waals surface area contributed by atoms with E-state index in [-0.39, 0.29) is 0 Å². The summed E-state index contributed by atoms with van der Waals surface area (Å²) in [7, 11) is 0. The van der Waals surface area contributed by atoms with Gasteiger partial charge in [0.25, 0.3) is 0 Å². The van der Waals surface area contributed by atoms with E-state index in [0.717, 1.165) is 72.6 Å². The summed E-state index contributed by atoms with van der Waals surface area (Å²) in [6, 6.07) is 68.4. The van der Waals surface area contributed by atoms with Crippen LogP contribution in [-0.2, 0) is 0 Å². The van der Waals surface area contributed by atoms with Crippen LogP contribution in [0.5, 0.6) is 0 Å². The number of fused-ring (bicyclic) bond motifs is 5. The maximum Gasteiger partial charge on any atom is 0.143 e. The van der Waals surface area contributed by atoms with Crippen LogP contribution >= 0.6 is 0 Å². The minimum absolute atomic E-state index is 0.902. The number of furan rings is 1. The van der Waals surface area contributed by atoms with Gasteiger partial charge in [-0.25, -0.2) is 0 Å². The molecule has 0 aliphatic heterocycles. The molecule has 0 aliphatic carbocycles. The van der Waals surface area contributed by atoms with Crippen molar-refractivity contribution in [3.05, 3.63) is 194 Å². The van der Waals surface area contributed by atoms with Crippen LogP contribution in [0.15, 0.2) is 199 Å². The van der Waals surface area contributed by atoms with E-state index in [1.54, 1.807) is 0 Å². The quantitative estimate of drug-likeness (QED) is 0.175. The number of nitrogens with zero attached hydrogens (tertiary/aromatic N) is 2. The Morgan fingerprint density at radius 2 is 0.796 bits per heavy atom. The molecule has 9 rings (SSSR count). The third-order valence-corrected chi connectivity index (χ3v) is 9.23. The van der Waals surface area contributed by atoms with Crippen LogP contribution < -0.4 is 9.80 Å². The molecule has 0 saturated heterocycles. The molecule has 8 aromatic carbocycles. The highest BCUT2D eigenvalue weighted by molar-refractivity contribution is 6.19. The molecule has 0 saturated carbocycles. The van der Waals surface area contributed by atoms with E-state index >= 15 is 0 Å². The average Bonchev–Trinajstić information content (AvgIpc) is 3.57. The second kappa shape index (κ2) is 12.2. The molecule has 49 heavy (non-hydrogen) atoms. The van der Waals surface area contributed by atoms with Gasteiger partial charge in [-0.1, -0.05) is 109 Å². The Bertz CT molecular complexity index is 2480. The van der Waals surface area contributed by atoms with Crippen LogP contribution in [0, 0.1) is 0 Å². The lowest BCUT2D eigenvalue weighted by Crippen LogP contribution is -2.12. The molecule has 0 radical (unpaired) electrons. The van der Waals surface area contributed by atoms with Gasteiger partial charge in [0, 0.05) is 50.3 Å². The molecule has 1 aromatic heterocycles. The van der Waals surface area contributed by atoms with Gasteiger partial charge in [0.1, 0.15) is 11.2 Å². The molecular weight excluding hydrogens is 597 g/mol. The van der Waals surface area contributed by atoms with E-state index in [4.69, 9.17) is 4.42 Å². The lowest BCUT2D eigenvalue weighted by atomic mass is 9.98. The zero-order chi connectivity index (χ0) is 32.6. The predicted octanol–water partition coefficient (Wildman–Crippen LogP) is 13.3. The van der Waals surface area contributed by atoms with Crippen molar-refractivity contribution < 1.29 is 4.42 Å². The molecule has 1 heterocycles. The van der Waals surface area contributed by atoms with Crippen LogP contribution in [0.25, 0.3) is 43.8 Å². The maximum atomic E-state index is 6.48. The Hall–Kier alpha value is -6.58. The molecule has 3 nitrogen and oxygen atoms in total. The molecule has 9 aromatic rings. The highest BCUT2D eigenvalue weighted by Gasteiger charge is 2.18. The van der Waals surface area contributed by atoms with Crippen molar-refractivity contribution in [3.8, 4) is 11.1 Å². The SMILES string of the molecule is c1ccc(N(c2ccccc2)c2ccc(N(c3ccccc3)c3ccc(-c4cccc5oc6c7ccccc7ccc6c45)cc3)cc2)cc1. The average molecular weight is 629 g/mol. The smallest absolute Gasteiger partial charge is 0.143 e. The Morgan fingerprint density at radius 3 is 1.35 bits per heavy atom. The molecule has 0 bridgehead atoms. The second-order valence-corrected chi connectivity index (χ2v) is 12.2. The van der Waals surface area contributed by atoms with Crippen molar-refractivity contribution in [3.63, 3.8) is 0 Å². The molecular formula is C46H32N2O. The number of rotatable bonds is 7. The van der Waals surface area contributed by atoms with Gasteiger partial charge in [0.15, 0.2) is 0 Å². The summed E-state index contributed by atoms with van der Waals surface area (Å²) >= 11 is 0. The van der Waals surface area contributed by atoms with Crippen molar-refractivity contribution in [2.45, 2.75) is 0 Å². The lowest BCUT2D eigenvalue weighted by molar-refractivity contribution is 0.673. The first-order valence-electron chi connectivity index (χ1n) is 16.6. The maximum absolute atomic E-state index is 6.48. The minimum atomic E-state index is 0.902. The Kier molecular flexibility index (Phi) is 7.14. The molecule has 0 unspecified atom stereocenters. The number of hydrogen-bond donors (Lipinski definition) is 0. The summed E-state index contributed by atoms with van der Waals surface area (Å²) in [5.41, 5.74) is 10.7. The van der Waals surface area contributed by atoms with Gasteiger partial charge >= 0.3 is 0 Å². The van der Waals surface area contributed by atoms with Gasteiger partial charge in [-0.3, -0.25) is 0 Å².